The second kappa shape index (κ2) is 11.4. The molecule has 9 heteroatoms. The highest BCUT2D eigenvalue weighted by atomic mass is 16.6. The third-order valence-corrected chi connectivity index (χ3v) is 4.75. The number of alkyl carbamates (subject to hydrolysis) is 1. The van der Waals surface area contributed by atoms with Crippen molar-refractivity contribution in [3.63, 3.8) is 0 Å². The molecule has 0 aromatic heterocycles. The Morgan fingerprint density at radius 2 is 1.77 bits per heavy atom. The Hall–Kier alpha value is -2.97. The van der Waals surface area contributed by atoms with Gasteiger partial charge in [0.15, 0.2) is 12.6 Å². The molecule has 0 heterocycles. The first-order valence-corrected chi connectivity index (χ1v) is 10.6. The number of nitrogens with two attached hydrogens (primary N) is 1. The average Bonchev–Trinajstić information content (AvgIpc) is 2.69. The molecule has 0 saturated heterocycles. The highest BCUT2D eigenvalue weighted by molar-refractivity contribution is 5.80. The summed E-state index contributed by atoms with van der Waals surface area (Å²) in [4.78, 5) is 27.1. The van der Waals surface area contributed by atoms with E-state index in [4.69, 9.17) is 15.2 Å². The Balaban J connectivity index is 1.75. The molecule has 1 aromatic carbocycles. The van der Waals surface area contributed by atoms with Gasteiger partial charge in [-0.25, -0.2) is 4.79 Å². The van der Waals surface area contributed by atoms with Gasteiger partial charge < -0.3 is 31.2 Å². The summed E-state index contributed by atoms with van der Waals surface area (Å²) in [7, 11) is 1.73. The van der Waals surface area contributed by atoms with Crippen LogP contribution in [-0.2, 0) is 16.1 Å². The van der Waals surface area contributed by atoms with Crippen molar-refractivity contribution in [2.45, 2.75) is 70.7 Å². The van der Waals surface area contributed by atoms with Gasteiger partial charge >= 0.3 is 6.09 Å². The fourth-order valence-corrected chi connectivity index (χ4v) is 3.33. The predicted molar refractivity (Wildman–Crippen MR) is 120 cm³/mol. The number of hydrogen-bond donors (Lipinski definition) is 4. The topological polar surface area (TPSA) is 127 Å². The van der Waals surface area contributed by atoms with Crippen LogP contribution in [-0.4, -0.2) is 49.3 Å². The number of carbonyl (C=O) groups excluding carboxylic acids is 2. The number of primary amides is 1. The molecule has 1 fully saturated rings. The lowest BCUT2D eigenvalue weighted by Gasteiger charge is -2.31. The van der Waals surface area contributed by atoms with Crippen molar-refractivity contribution in [3.8, 4) is 5.75 Å². The Kier molecular flexibility index (Phi) is 8.96. The molecule has 5 N–H and O–H groups in total. The van der Waals surface area contributed by atoms with Crippen LogP contribution in [0.2, 0.25) is 0 Å². The van der Waals surface area contributed by atoms with E-state index in [0.29, 0.717) is 18.3 Å². The van der Waals surface area contributed by atoms with E-state index in [1.165, 1.54) is 0 Å². The molecular weight excluding hydrogens is 398 g/mol. The van der Waals surface area contributed by atoms with Crippen molar-refractivity contribution in [2.24, 2.45) is 10.7 Å². The van der Waals surface area contributed by atoms with Gasteiger partial charge in [0.05, 0.1) is 0 Å². The summed E-state index contributed by atoms with van der Waals surface area (Å²) < 4.78 is 10.7. The van der Waals surface area contributed by atoms with Crippen molar-refractivity contribution in [2.75, 3.05) is 13.7 Å². The molecule has 2 rings (SSSR count). The number of ether oxygens (including phenoxy) is 2. The molecule has 1 aromatic rings. The van der Waals surface area contributed by atoms with E-state index in [1.54, 1.807) is 13.1 Å². The summed E-state index contributed by atoms with van der Waals surface area (Å²) in [5.41, 5.74) is 5.62. The van der Waals surface area contributed by atoms with Crippen molar-refractivity contribution in [3.05, 3.63) is 29.8 Å². The monoisotopic (exact) mass is 433 g/mol. The third kappa shape index (κ3) is 9.59. The van der Waals surface area contributed by atoms with E-state index in [0.717, 1.165) is 31.2 Å². The fourth-order valence-electron chi connectivity index (χ4n) is 3.33. The molecule has 0 radical (unpaired) electrons. The fraction of sp³-hybridized carbons (Fsp3) is 0.591. The number of aliphatic imine (C=N–C) groups is 1. The number of amides is 2. The number of guanidine groups is 1. The lowest BCUT2D eigenvalue weighted by Crippen LogP contribution is -2.47. The van der Waals surface area contributed by atoms with Crippen molar-refractivity contribution in [1.82, 2.24) is 16.0 Å². The van der Waals surface area contributed by atoms with Gasteiger partial charge in [-0.1, -0.05) is 12.1 Å². The second-order valence-corrected chi connectivity index (χ2v) is 8.67. The summed E-state index contributed by atoms with van der Waals surface area (Å²) in [5.74, 6) is 0.799. The lowest BCUT2D eigenvalue weighted by molar-refractivity contribution is -0.119. The summed E-state index contributed by atoms with van der Waals surface area (Å²) in [6.07, 6.45) is 3.26. The van der Waals surface area contributed by atoms with Crippen molar-refractivity contribution in [1.29, 1.82) is 0 Å². The zero-order valence-corrected chi connectivity index (χ0v) is 18.9. The number of carbonyl (C=O) groups is 2. The van der Waals surface area contributed by atoms with Crippen molar-refractivity contribution < 1.29 is 19.1 Å². The average molecular weight is 434 g/mol. The molecule has 172 valence electrons. The highest BCUT2D eigenvalue weighted by Crippen LogP contribution is 2.19. The lowest BCUT2D eigenvalue weighted by atomic mass is 9.91. The molecule has 0 aliphatic heterocycles. The quantitative estimate of drug-likeness (QED) is 0.385. The normalized spacial score (nSPS) is 19.3. The van der Waals surface area contributed by atoms with E-state index in [-0.39, 0.29) is 24.8 Å². The summed E-state index contributed by atoms with van der Waals surface area (Å²) in [6, 6.07) is 7.88. The summed E-state index contributed by atoms with van der Waals surface area (Å²) in [6.45, 7) is 5.98. The maximum atomic E-state index is 11.9. The van der Waals surface area contributed by atoms with E-state index in [1.807, 2.05) is 39.0 Å². The number of hydrogen-bond acceptors (Lipinski definition) is 5. The molecule has 1 aliphatic carbocycles. The number of benzene rings is 1. The largest absolute Gasteiger partial charge is 0.484 e. The van der Waals surface area contributed by atoms with E-state index < -0.39 is 11.5 Å². The van der Waals surface area contributed by atoms with Gasteiger partial charge in [-0.2, -0.15) is 0 Å². The van der Waals surface area contributed by atoms with Crippen LogP contribution in [0, 0.1) is 0 Å². The molecule has 1 saturated carbocycles. The Morgan fingerprint density at radius 1 is 1.13 bits per heavy atom. The van der Waals surface area contributed by atoms with Gasteiger partial charge in [0.1, 0.15) is 11.4 Å². The van der Waals surface area contributed by atoms with Crippen LogP contribution in [0.3, 0.4) is 0 Å². The molecule has 0 unspecified atom stereocenters. The minimum absolute atomic E-state index is 0.131. The summed E-state index contributed by atoms with van der Waals surface area (Å²) in [5, 5.41) is 9.70. The minimum Gasteiger partial charge on any atom is -0.484 e. The van der Waals surface area contributed by atoms with Crippen molar-refractivity contribution >= 4 is 18.0 Å². The van der Waals surface area contributed by atoms with Gasteiger partial charge in [0.25, 0.3) is 5.91 Å². The van der Waals surface area contributed by atoms with Gasteiger partial charge in [-0.15, -0.1) is 0 Å². The van der Waals surface area contributed by atoms with Crippen LogP contribution in [0.15, 0.2) is 29.3 Å². The first kappa shape index (κ1) is 24.3. The second-order valence-electron chi connectivity index (χ2n) is 8.67. The Labute approximate surface area is 184 Å². The predicted octanol–water partition coefficient (Wildman–Crippen LogP) is 2.05. The SMILES string of the molecule is CN=C(NCc1cccc(OCC(N)=O)c1)NC1CCC(NC(=O)OC(C)(C)C)CC1. The van der Waals surface area contributed by atoms with Gasteiger partial charge in [0.2, 0.25) is 0 Å². The third-order valence-electron chi connectivity index (χ3n) is 4.75. The number of nitrogens with zero attached hydrogens (tertiary/aromatic N) is 1. The molecule has 0 bridgehead atoms. The highest BCUT2D eigenvalue weighted by Gasteiger charge is 2.25. The Morgan fingerprint density at radius 3 is 2.35 bits per heavy atom. The number of nitrogens with one attached hydrogen (secondary N) is 3. The van der Waals surface area contributed by atoms with Crippen LogP contribution in [0.5, 0.6) is 5.75 Å². The van der Waals surface area contributed by atoms with E-state index in [9.17, 15) is 9.59 Å². The standard InChI is InChI=1S/C22H35N5O4/c1-22(2,3)31-21(29)27-17-10-8-16(9-11-17)26-20(24-4)25-13-15-6-5-7-18(12-15)30-14-19(23)28/h5-7,12,16-17H,8-11,13-14H2,1-4H3,(H2,23,28)(H,27,29)(H2,24,25,26). The first-order chi connectivity index (χ1) is 14.6. The van der Waals surface area contributed by atoms with Crippen LogP contribution >= 0.6 is 0 Å². The van der Waals surface area contributed by atoms with Gasteiger partial charge in [0, 0.05) is 25.7 Å². The molecule has 1 aliphatic rings. The summed E-state index contributed by atoms with van der Waals surface area (Å²) >= 11 is 0. The van der Waals surface area contributed by atoms with Gasteiger partial charge in [-0.05, 0) is 64.2 Å². The zero-order chi connectivity index (χ0) is 22.9. The van der Waals surface area contributed by atoms with Gasteiger partial charge in [-0.3, -0.25) is 9.79 Å². The molecular formula is C22H35N5O4. The molecule has 31 heavy (non-hydrogen) atoms. The zero-order valence-electron chi connectivity index (χ0n) is 18.9. The maximum Gasteiger partial charge on any atom is 0.407 e. The van der Waals surface area contributed by atoms with E-state index >= 15 is 0 Å². The van der Waals surface area contributed by atoms with Crippen LogP contribution in [0.25, 0.3) is 0 Å². The number of rotatable bonds is 7. The first-order valence-electron chi connectivity index (χ1n) is 10.6. The van der Waals surface area contributed by atoms with Crippen LogP contribution < -0.4 is 26.4 Å². The molecule has 2 amide bonds. The minimum atomic E-state index is -0.510. The smallest absolute Gasteiger partial charge is 0.407 e. The van der Waals surface area contributed by atoms with E-state index in [2.05, 4.69) is 20.9 Å². The molecule has 0 spiro atoms. The maximum absolute atomic E-state index is 11.9. The molecule has 0 atom stereocenters. The van der Waals surface area contributed by atoms with Crippen LogP contribution in [0.1, 0.15) is 52.0 Å². The van der Waals surface area contributed by atoms with Crippen LogP contribution in [0.4, 0.5) is 4.79 Å². The molecule has 9 nitrogen and oxygen atoms in total. The Bertz CT molecular complexity index is 767.